The molecule has 0 spiro atoms. The fourth-order valence-corrected chi connectivity index (χ4v) is 0.864. The molecule has 0 bridgehead atoms. The van der Waals surface area contributed by atoms with Gasteiger partial charge in [0.05, 0.1) is 12.3 Å². The molecular weight excluding hydrogens is 140 g/mol. The second-order valence-electron chi connectivity index (χ2n) is 2.37. The SMILES string of the molecule is COCCc1cncc(N)c1. The van der Waals surface area contributed by atoms with Crippen molar-refractivity contribution in [3.63, 3.8) is 0 Å². The number of ether oxygens (including phenoxy) is 1. The van der Waals surface area contributed by atoms with Gasteiger partial charge < -0.3 is 10.5 Å². The average molecular weight is 152 g/mol. The predicted octanol–water partition coefficient (Wildman–Crippen LogP) is 0.853. The van der Waals surface area contributed by atoms with Crippen molar-refractivity contribution in [3.8, 4) is 0 Å². The number of pyridine rings is 1. The molecule has 0 aromatic carbocycles. The summed E-state index contributed by atoms with van der Waals surface area (Å²) < 4.78 is 4.92. The molecule has 0 aliphatic heterocycles. The Kier molecular flexibility index (Phi) is 2.86. The molecule has 60 valence electrons. The maximum absolute atomic E-state index is 5.53. The first-order valence-corrected chi connectivity index (χ1v) is 3.51. The highest BCUT2D eigenvalue weighted by Crippen LogP contribution is 2.03. The van der Waals surface area contributed by atoms with Gasteiger partial charge in [-0.1, -0.05) is 0 Å². The van der Waals surface area contributed by atoms with Crippen LogP contribution >= 0.6 is 0 Å². The first-order chi connectivity index (χ1) is 5.33. The van der Waals surface area contributed by atoms with Gasteiger partial charge in [0.15, 0.2) is 0 Å². The molecule has 0 radical (unpaired) electrons. The minimum absolute atomic E-state index is 0.707. The summed E-state index contributed by atoms with van der Waals surface area (Å²) in [6.07, 6.45) is 4.31. The van der Waals surface area contributed by atoms with E-state index >= 15 is 0 Å². The lowest BCUT2D eigenvalue weighted by molar-refractivity contribution is 0.202. The molecule has 11 heavy (non-hydrogen) atoms. The number of nitrogens with two attached hydrogens (primary N) is 1. The van der Waals surface area contributed by atoms with Crippen LogP contribution in [0.2, 0.25) is 0 Å². The second-order valence-corrected chi connectivity index (χ2v) is 2.37. The normalized spacial score (nSPS) is 9.91. The van der Waals surface area contributed by atoms with Crippen molar-refractivity contribution in [2.75, 3.05) is 19.5 Å². The van der Waals surface area contributed by atoms with Gasteiger partial charge in [-0.3, -0.25) is 4.98 Å². The fraction of sp³-hybridized carbons (Fsp3) is 0.375. The van der Waals surface area contributed by atoms with Crippen molar-refractivity contribution in [2.45, 2.75) is 6.42 Å². The minimum Gasteiger partial charge on any atom is -0.397 e. The number of methoxy groups -OCH3 is 1. The minimum atomic E-state index is 0.707. The van der Waals surface area contributed by atoms with Crippen LogP contribution in [-0.2, 0) is 11.2 Å². The Labute approximate surface area is 66.2 Å². The third kappa shape index (κ3) is 2.55. The Morgan fingerprint density at radius 1 is 1.55 bits per heavy atom. The quantitative estimate of drug-likeness (QED) is 0.698. The van der Waals surface area contributed by atoms with Gasteiger partial charge >= 0.3 is 0 Å². The van der Waals surface area contributed by atoms with E-state index in [4.69, 9.17) is 10.5 Å². The summed E-state index contributed by atoms with van der Waals surface area (Å²) in [4.78, 5) is 3.96. The summed E-state index contributed by atoms with van der Waals surface area (Å²) in [7, 11) is 1.68. The van der Waals surface area contributed by atoms with E-state index in [0.717, 1.165) is 12.0 Å². The Hall–Kier alpha value is -1.09. The molecule has 1 aromatic rings. The van der Waals surface area contributed by atoms with Crippen LogP contribution in [0.15, 0.2) is 18.5 Å². The molecule has 1 heterocycles. The van der Waals surface area contributed by atoms with Gasteiger partial charge in [-0.05, 0) is 18.1 Å². The van der Waals surface area contributed by atoms with Crippen LogP contribution in [-0.4, -0.2) is 18.7 Å². The lowest BCUT2D eigenvalue weighted by atomic mass is 10.2. The lowest BCUT2D eigenvalue weighted by Gasteiger charge is -1.99. The van der Waals surface area contributed by atoms with Gasteiger partial charge in [0.25, 0.3) is 0 Å². The van der Waals surface area contributed by atoms with E-state index in [1.807, 2.05) is 6.07 Å². The van der Waals surface area contributed by atoms with Gasteiger partial charge in [0, 0.05) is 19.5 Å². The molecule has 3 heteroatoms. The van der Waals surface area contributed by atoms with E-state index < -0.39 is 0 Å². The molecule has 0 aliphatic carbocycles. The van der Waals surface area contributed by atoms with Crippen molar-refractivity contribution in [1.29, 1.82) is 0 Å². The molecule has 1 rings (SSSR count). The highest BCUT2D eigenvalue weighted by atomic mass is 16.5. The smallest absolute Gasteiger partial charge is 0.0503 e. The van der Waals surface area contributed by atoms with Gasteiger partial charge in [-0.25, -0.2) is 0 Å². The van der Waals surface area contributed by atoms with Crippen LogP contribution in [0, 0.1) is 0 Å². The highest BCUT2D eigenvalue weighted by Gasteiger charge is 1.92. The molecule has 0 atom stereocenters. The summed E-state index contributed by atoms with van der Waals surface area (Å²) in [5.41, 5.74) is 7.35. The van der Waals surface area contributed by atoms with Crippen LogP contribution in [0.3, 0.4) is 0 Å². The first-order valence-electron chi connectivity index (χ1n) is 3.51. The maximum atomic E-state index is 5.53. The monoisotopic (exact) mass is 152 g/mol. The molecule has 0 saturated carbocycles. The highest BCUT2D eigenvalue weighted by molar-refractivity contribution is 5.36. The standard InChI is InChI=1S/C8H12N2O/c1-11-3-2-7-4-8(9)6-10-5-7/h4-6H,2-3,9H2,1H3. The van der Waals surface area contributed by atoms with Gasteiger partial charge in [-0.2, -0.15) is 0 Å². The number of hydrogen-bond acceptors (Lipinski definition) is 3. The molecule has 0 fully saturated rings. The van der Waals surface area contributed by atoms with Crippen molar-refractivity contribution in [2.24, 2.45) is 0 Å². The third-order valence-corrected chi connectivity index (χ3v) is 1.41. The lowest BCUT2D eigenvalue weighted by Crippen LogP contribution is -1.96. The van der Waals surface area contributed by atoms with Crippen molar-refractivity contribution >= 4 is 5.69 Å². The molecular formula is C8H12N2O. The van der Waals surface area contributed by atoms with E-state index in [9.17, 15) is 0 Å². The predicted molar refractivity (Wildman–Crippen MR) is 44.2 cm³/mol. The molecule has 3 nitrogen and oxygen atoms in total. The Bertz CT molecular complexity index is 225. The molecule has 0 aliphatic rings. The number of hydrogen-bond donors (Lipinski definition) is 1. The van der Waals surface area contributed by atoms with Crippen LogP contribution in [0.4, 0.5) is 5.69 Å². The Morgan fingerprint density at radius 3 is 3.00 bits per heavy atom. The summed E-state index contributed by atoms with van der Waals surface area (Å²) in [5.74, 6) is 0. The zero-order valence-corrected chi connectivity index (χ0v) is 6.58. The Morgan fingerprint density at radius 2 is 2.36 bits per heavy atom. The van der Waals surface area contributed by atoms with Crippen LogP contribution < -0.4 is 5.73 Å². The zero-order chi connectivity index (χ0) is 8.10. The molecule has 0 amide bonds. The molecule has 2 N–H and O–H groups in total. The number of anilines is 1. The molecule has 0 unspecified atom stereocenters. The number of nitrogens with zero attached hydrogens (tertiary/aromatic N) is 1. The largest absolute Gasteiger partial charge is 0.397 e. The summed E-state index contributed by atoms with van der Waals surface area (Å²) in [5, 5.41) is 0. The van der Waals surface area contributed by atoms with Crippen LogP contribution in [0.1, 0.15) is 5.56 Å². The van der Waals surface area contributed by atoms with Crippen molar-refractivity contribution in [1.82, 2.24) is 4.98 Å². The first kappa shape index (κ1) is 8.01. The van der Waals surface area contributed by atoms with E-state index in [2.05, 4.69) is 4.98 Å². The summed E-state index contributed by atoms with van der Waals surface area (Å²) >= 11 is 0. The summed E-state index contributed by atoms with van der Waals surface area (Å²) in [6, 6.07) is 1.91. The van der Waals surface area contributed by atoms with E-state index in [1.165, 1.54) is 0 Å². The van der Waals surface area contributed by atoms with E-state index in [-0.39, 0.29) is 0 Å². The van der Waals surface area contributed by atoms with Crippen molar-refractivity contribution in [3.05, 3.63) is 24.0 Å². The second kappa shape index (κ2) is 3.93. The molecule has 1 aromatic heterocycles. The van der Waals surface area contributed by atoms with Gasteiger partial charge in [0.1, 0.15) is 0 Å². The number of aromatic nitrogens is 1. The zero-order valence-electron chi connectivity index (χ0n) is 6.58. The number of nitrogen functional groups attached to an aromatic ring is 1. The average Bonchev–Trinajstić information content (AvgIpc) is 2.01. The topological polar surface area (TPSA) is 48.1 Å². The van der Waals surface area contributed by atoms with Crippen molar-refractivity contribution < 1.29 is 4.74 Å². The van der Waals surface area contributed by atoms with Gasteiger partial charge in [-0.15, -0.1) is 0 Å². The maximum Gasteiger partial charge on any atom is 0.0503 e. The Balaban J connectivity index is 2.56. The third-order valence-electron chi connectivity index (χ3n) is 1.41. The van der Waals surface area contributed by atoms with E-state index in [0.29, 0.717) is 12.3 Å². The van der Waals surface area contributed by atoms with E-state index in [1.54, 1.807) is 19.5 Å². The van der Waals surface area contributed by atoms with Crippen LogP contribution in [0.25, 0.3) is 0 Å². The fourth-order valence-electron chi connectivity index (χ4n) is 0.864. The van der Waals surface area contributed by atoms with Crippen LogP contribution in [0.5, 0.6) is 0 Å². The summed E-state index contributed by atoms with van der Waals surface area (Å²) in [6.45, 7) is 0.713. The number of rotatable bonds is 3. The molecule has 0 saturated heterocycles. The van der Waals surface area contributed by atoms with Gasteiger partial charge in [0.2, 0.25) is 0 Å².